The maximum atomic E-state index is 5.98. The van der Waals surface area contributed by atoms with Gasteiger partial charge < -0.3 is 15.2 Å². The average Bonchev–Trinajstić information content (AvgIpc) is 2.35. The highest BCUT2D eigenvalue weighted by atomic mass is 16.5. The van der Waals surface area contributed by atoms with E-state index in [0.29, 0.717) is 18.7 Å². The Labute approximate surface area is 105 Å². The van der Waals surface area contributed by atoms with Gasteiger partial charge in [-0.2, -0.15) is 0 Å². The summed E-state index contributed by atoms with van der Waals surface area (Å²) in [7, 11) is 3.55. The molecule has 0 bridgehead atoms. The molecule has 0 aromatic rings. The van der Waals surface area contributed by atoms with Gasteiger partial charge in [0, 0.05) is 45.5 Å². The third-order valence-electron chi connectivity index (χ3n) is 4.14. The first kappa shape index (κ1) is 14.9. The smallest absolute Gasteiger partial charge is 0.0598 e. The van der Waals surface area contributed by atoms with E-state index in [1.165, 1.54) is 0 Å². The number of ether oxygens (including phenoxy) is 2. The Bertz CT molecular complexity index is 225. The lowest BCUT2D eigenvalue weighted by molar-refractivity contribution is -0.0363. The molecular formula is C13H28N2O2. The van der Waals surface area contributed by atoms with Crippen molar-refractivity contribution in [1.29, 1.82) is 0 Å². The average molecular weight is 244 g/mol. The van der Waals surface area contributed by atoms with E-state index in [4.69, 9.17) is 15.2 Å². The van der Waals surface area contributed by atoms with Crippen LogP contribution < -0.4 is 5.73 Å². The molecule has 1 heterocycles. The maximum Gasteiger partial charge on any atom is 0.0598 e. The normalized spacial score (nSPS) is 30.2. The van der Waals surface area contributed by atoms with Crippen LogP contribution in [-0.4, -0.2) is 56.5 Å². The van der Waals surface area contributed by atoms with E-state index >= 15 is 0 Å². The van der Waals surface area contributed by atoms with E-state index in [2.05, 4.69) is 18.7 Å². The fraction of sp³-hybridized carbons (Fsp3) is 1.00. The number of methoxy groups -OCH3 is 2. The molecule has 3 unspecified atom stereocenters. The van der Waals surface area contributed by atoms with Crippen LogP contribution in [-0.2, 0) is 9.47 Å². The second-order valence-corrected chi connectivity index (χ2v) is 5.37. The van der Waals surface area contributed by atoms with E-state index in [-0.39, 0.29) is 5.54 Å². The number of nitrogens with zero attached hydrogens (tertiary/aromatic N) is 1. The van der Waals surface area contributed by atoms with E-state index in [0.717, 1.165) is 32.4 Å². The number of nitrogens with two attached hydrogens (primary N) is 1. The molecule has 4 heteroatoms. The molecule has 0 spiro atoms. The van der Waals surface area contributed by atoms with Crippen LogP contribution in [0.5, 0.6) is 0 Å². The van der Waals surface area contributed by atoms with Crippen molar-refractivity contribution in [2.45, 2.75) is 50.8 Å². The molecule has 0 aliphatic carbocycles. The van der Waals surface area contributed by atoms with Crippen LogP contribution in [0.4, 0.5) is 0 Å². The highest BCUT2D eigenvalue weighted by molar-refractivity contribution is 4.93. The number of likely N-dealkylation sites (tertiary alicyclic amines) is 1. The lowest BCUT2D eigenvalue weighted by Gasteiger charge is -2.48. The molecule has 0 radical (unpaired) electrons. The number of piperidine rings is 1. The zero-order valence-electron chi connectivity index (χ0n) is 11.7. The van der Waals surface area contributed by atoms with Crippen molar-refractivity contribution in [2.24, 2.45) is 5.73 Å². The monoisotopic (exact) mass is 244 g/mol. The summed E-state index contributed by atoms with van der Waals surface area (Å²) in [6, 6.07) is 0.527. The summed E-state index contributed by atoms with van der Waals surface area (Å²) in [5.41, 5.74) is 6.03. The molecule has 1 aliphatic heterocycles. The molecule has 102 valence electrons. The van der Waals surface area contributed by atoms with Gasteiger partial charge in [0.2, 0.25) is 0 Å². The lowest BCUT2D eigenvalue weighted by Crippen LogP contribution is -2.59. The molecular weight excluding hydrogens is 216 g/mol. The summed E-state index contributed by atoms with van der Waals surface area (Å²) in [5, 5.41) is 0. The lowest BCUT2D eigenvalue weighted by atomic mass is 9.89. The number of hydrogen-bond donors (Lipinski definition) is 1. The first-order valence-corrected chi connectivity index (χ1v) is 6.56. The van der Waals surface area contributed by atoms with Gasteiger partial charge in [-0.3, -0.25) is 4.90 Å². The Kier molecular flexibility index (Phi) is 5.86. The molecule has 0 saturated carbocycles. The fourth-order valence-corrected chi connectivity index (χ4v) is 2.83. The molecule has 1 saturated heterocycles. The van der Waals surface area contributed by atoms with Gasteiger partial charge >= 0.3 is 0 Å². The minimum absolute atomic E-state index is 0.0497. The van der Waals surface area contributed by atoms with Gasteiger partial charge in [-0.15, -0.1) is 0 Å². The molecule has 1 fully saturated rings. The van der Waals surface area contributed by atoms with Gasteiger partial charge in [0.1, 0.15) is 0 Å². The van der Waals surface area contributed by atoms with Gasteiger partial charge in [-0.05, 0) is 33.1 Å². The van der Waals surface area contributed by atoms with Crippen molar-refractivity contribution in [1.82, 2.24) is 4.90 Å². The van der Waals surface area contributed by atoms with Crippen molar-refractivity contribution < 1.29 is 9.47 Å². The van der Waals surface area contributed by atoms with Crippen LogP contribution in [0.25, 0.3) is 0 Å². The van der Waals surface area contributed by atoms with Crippen LogP contribution in [0.15, 0.2) is 0 Å². The number of rotatable bonds is 6. The SMILES string of the molecule is COCCC(C)(CN)N1CCC(OC)CC1C. The van der Waals surface area contributed by atoms with Crippen LogP contribution in [0.1, 0.15) is 33.1 Å². The van der Waals surface area contributed by atoms with Crippen LogP contribution >= 0.6 is 0 Å². The van der Waals surface area contributed by atoms with E-state index < -0.39 is 0 Å². The first-order valence-electron chi connectivity index (χ1n) is 6.56. The molecule has 0 aromatic heterocycles. The highest BCUT2D eigenvalue weighted by Gasteiger charge is 2.37. The predicted molar refractivity (Wildman–Crippen MR) is 70.2 cm³/mol. The Morgan fingerprint density at radius 1 is 1.41 bits per heavy atom. The molecule has 0 amide bonds. The third kappa shape index (κ3) is 3.65. The van der Waals surface area contributed by atoms with Gasteiger partial charge in [0.15, 0.2) is 0 Å². The molecule has 4 nitrogen and oxygen atoms in total. The minimum atomic E-state index is 0.0497. The molecule has 1 aliphatic rings. The van der Waals surface area contributed by atoms with Gasteiger partial charge in [0.25, 0.3) is 0 Å². The zero-order chi connectivity index (χ0) is 12.9. The summed E-state index contributed by atoms with van der Waals surface area (Å²) in [6.45, 7) is 7.03. The van der Waals surface area contributed by atoms with Crippen LogP contribution in [0.2, 0.25) is 0 Å². The van der Waals surface area contributed by atoms with Crippen molar-refractivity contribution in [3.8, 4) is 0 Å². The zero-order valence-corrected chi connectivity index (χ0v) is 11.7. The van der Waals surface area contributed by atoms with E-state index in [1.54, 1.807) is 14.2 Å². The van der Waals surface area contributed by atoms with Gasteiger partial charge in [0.05, 0.1) is 6.10 Å². The standard InChI is InChI=1S/C13H28N2O2/c1-11-9-12(17-4)5-7-15(11)13(2,10-14)6-8-16-3/h11-12H,5-10,14H2,1-4H3. The Morgan fingerprint density at radius 3 is 2.59 bits per heavy atom. The van der Waals surface area contributed by atoms with Crippen molar-refractivity contribution in [3.05, 3.63) is 0 Å². The Balaban J connectivity index is 2.62. The predicted octanol–water partition coefficient (Wildman–Crippen LogP) is 1.24. The summed E-state index contributed by atoms with van der Waals surface area (Å²) in [6.07, 6.45) is 3.59. The van der Waals surface area contributed by atoms with Crippen molar-refractivity contribution >= 4 is 0 Å². The van der Waals surface area contributed by atoms with Crippen molar-refractivity contribution in [3.63, 3.8) is 0 Å². The summed E-state index contributed by atoms with van der Waals surface area (Å²) in [4.78, 5) is 2.53. The van der Waals surface area contributed by atoms with E-state index in [9.17, 15) is 0 Å². The molecule has 3 atom stereocenters. The van der Waals surface area contributed by atoms with E-state index in [1.807, 2.05) is 0 Å². The summed E-state index contributed by atoms with van der Waals surface area (Å²) in [5.74, 6) is 0. The second kappa shape index (κ2) is 6.69. The Hall–Kier alpha value is -0.160. The minimum Gasteiger partial charge on any atom is -0.385 e. The topological polar surface area (TPSA) is 47.7 Å². The second-order valence-electron chi connectivity index (χ2n) is 5.37. The fourth-order valence-electron chi connectivity index (χ4n) is 2.83. The van der Waals surface area contributed by atoms with Crippen molar-refractivity contribution in [2.75, 3.05) is 33.9 Å². The molecule has 1 rings (SSSR count). The first-order chi connectivity index (χ1) is 8.07. The van der Waals surface area contributed by atoms with Crippen LogP contribution in [0, 0.1) is 0 Å². The Morgan fingerprint density at radius 2 is 2.12 bits per heavy atom. The van der Waals surface area contributed by atoms with Crippen LogP contribution in [0.3, 0.4) is 0 Å². The highest BCUT2D eigenvalue weighted by Crippen LogP contribution is 2.28. The molecule has 17 heavy (non-hydrogen) atoms. The maximum absolute atomic E-state index is 5.98. The summed E-state index contributed by atoms with van der Waals surface area (Å²) < 4.78 is 10.7. The van der Waals surface area contributed by atoms with Gasteiger partial charge in [-0.25, -0.2) is 0 Å². The van der Waals surface area contributed by atoms with Gasteiger partial charge in [-0.1, -0.05) is 0 Å². The third-order valence-corrected chi connectivity index (χ3v) is 4.14. The number of hydrogen-bond acceptors (Lipinski definition) is 4. The largest absolute Gasteiger partial charge is 0.385 e. The summed E-state index contributed by atoms with van der Waals surface area (Å²) >= 11 is 0. The molecule has 2 N–H and O–H groups in total. The molecule has 0 aromatic carbocycles. The quantitative estimate of drug-likeness (QED) is 0.763.